The molecule has 1 atom stereocenters. The summed E-state index contributed by atoms with van der Waals surface area (Å²) in [6.45, 7) is 7.35. The third-order valence-corrected chi connectivity index (χ3v) is 3.88. The van der Waals surface area contributed by atoms with Crippen molar-refractivity contribution in [1.82, 2.24) is 20.0 Å². The van der Waals surface area contributed by atoms with Crippen LogP contribution in [0.25, 0.3) is 0 Å². The van der Waals surface area contributed by atoms with Gasteiger partial charge in [0.25, 0.3) is 0 Å². The standard InChI is InChI=1S/C12H22N4O3/c1-10(11(17)18)14-4-2-13-3-5-15-8-9-16(7-6-14)12(15)19/h10,13H,2-9H2,1H3,(H,17,18). The minimum Gasteiger partial charge on any atom is -0.480 e. The van der Waals surface area contributed by atoms with Crippen LogP contribution in [-0.2, 0) is 4.79 Å². The number of nitrogens with zero attached hydrogens (tertiary/aromatic N) is 3. The summed E-state index contributed by atoms with van der Waals surface area (Å²) in [4.78, 5) is 28.7. The highest BCUT2D eigenvalue weighted by atomic mass is 16.4. The van der Waals surface area contributed by atoms with Gasteiger partial charge in [-0.05, 0) is 6.92 Å². The Morgan fingerprint density at radius 3 is 2.37 bits per heavy atom. The number of carboxylic acid groups (broad SMARTS) is 1. The van der Waals surface area contributed by atoms with E-state index in [-0.39, 0.29) is 6.03 Å². The maximum Gasteiger partial charge on any atom is 0.320 e. The first-order chi connectivity index (χ1) is 9.09. The number of rotatable bonds is 2. The molecule has 2 amide bonds. The van der Waals surface area contributed by atoms with Crippen LogP contribution in [-0.4, -0.2) is 90.2 Å². The fraction of sp³-hybridized carbons (Fsp3) is 0.833. The summed E-state index contributed by atoms with van der Waals surface area (Å²) in [5, 5.41) is 12.4. The second-order valence-electron chi connectivity index (χ2n) is 5.06. The Bertz CT molecular complexity index is 350. The normalized spacial score (nSPS) is 24.2. The van der Waals surface area contributed by atoms with Gasteiger partial charge in [-0.25, -0.2) is 4.79 Å². The first-order valence-electron chi connectivity index (χ1n) is 6.81. The van der Waals surface area contributed by atoms with Gasteiger partial charge in [0.2, 0.25) is 0 Å². The van der Waals surface area contributed by atoms with E-state index >= 15 is 0 Å². The molecule has 0 saturated carbocycles. The molecule has 19 heavy (non-hydrogen) atoms. The minimum absolute atomic E-state index is 0.0756. The van der Waals surface area contributed by atoms with Crippen molar-refractivity contribution in [3.63, 3.8) is 0 Å². The van der Waals surface area contributed by atoms with Gasteiger partial charge in [0.05, 0.1) is 0 Å². The lowest BCUT2D eigenvalue weighted by Crippen LogP contribution is -2.46. The van der Waals surface area contributed by atoms with Crippen LogP contribution < -0.4 is 5.32 Å². The van der Waals surface area contributed by atoms with Crippen molar-refractivity contribution < 1.29 is 14.7 Å². The molecular formula is C12H22N4O3. The van der Waals surface area contributed by atoms with Gasteiger partial charge in [0.1, 0.15) is 6.04 Å². The number of amides is 2. The van der Waals surface area contributed by atoms with Gasteiger partial charge in [0.15, 0.2) is 0 Å². The van der Waals surface area contributed by atoms with Crippen molar-refractivity contribution in [3.05, 3.63) is 0 Å². The van der Waals surface area contributed by atoms with Gasteiger partial charge in [-0.2, -0.15) is 0 Å². The second-order valence-corrected chi connectivity index (χ2v) is 5.06. The molecule has 108 valence electrons. The molecule has 2 bridgehead atoms. The predicted molar refractivity (Wildman–Crippen MR) is 70.1 cm³/mol. The van der Waals surface area contributed by atoms with Crippen molar-refractivity contribution in [3.8, 4) is 0 Å². The third kappa shape index (κ3) is 3.36. The average Bonchev–Trinajstić information content (AvgIpc) is 2.70. The molecule has 0 aromatic rings. The maximum absolute atomic E-state index is 12.0. The highest BCUT2D eigenvalue weighted by molar-refractivity contribution is 5.76. The molecule has 7 heteroatoms. The van der Waals surface area contributed by atoms with Crippen molar-refractivity contribution in [2.75, 3.05) is 52.4 Å². The second kappa shape index (κ2) is 6.21. The summed E-state index contributed by atoms with van der Waals surface area (Å²) in [7, 11) is 0. The number of hydrogen-bond acceptors (Lipinski definition) is 4. The molecule has 2 aliphatic rings. The number of carbonyl (C=O) groups is 2. The van der Waals surface area contributed by atoms with E-state index in [4.69, 9.17) is 5.11 Å². The molecule has 0 aromatic carbocycles. The fourth-order valence-corrected chi connectivity index (χ4v) is 2.51. The van der Waals surface area contributed by atoms with E-state index < -0.39 is 12.0 Å². The zero-order chi connectivity index (χ0) is 13.8. The van der Waals surface area contributed by atoms with Crippen LogP contribution in [0.3, 0.4) is 0 Å². The van der Waals surface area contributed by atoms with Gasteiger partial charge < -0.3 is 20.2 Å². The van der Waals surface area contributed by atoms with Crippen LogP contribution in [0, 0.1) is 0 Å². The maximum atomic E-state index is 12.0. The molecule has 7 nitrogen and oxygen atoms in total. The molecule has 1 unspecified atom stereocenters. The van der Waals surface area contributed by atoms with Crippen molar-refractivity contribution in [2.45, 2.75) is 13.0 Å². The van der Waals surface area contributed by atoms with Crippen LogP contribution in [0.5, 0.6) is 0 Å². The van der Waals surface area contributed by atoms with Crippen LogP contribution in [0.4, 0.5) is 4.79 Å². The SMILES string of the molecule is CC(C(=O)O)N1CCNCCN2CCN(CC1)C2=O. The Labute approximate surface area is 113 Å². The molecule has 2 aliphatic heterocycles. The van der Waals surface area contributed by atoms with Gasteiger partial charge >= 0.3 is 12.0 Å². The molecule has 2 heterocycles. The van der Waals surface area contributed by atoms with E-state index in [0.717, 1.165) is 32.7 Å². The Balaban J connectivity index is 2.00. The van der Waals surface area contributed by atoms with Crippen molar-refractivity contribution in [1.29, 1.82) is 0 Å². The van der Waals surface area contributed by atoms with E-state index in [1.807, 2.05) is 14.7 Å². The molecule has 0 spiro atoms. The largest absolute Gasteiger partial charge is 0.480 e. The number of nitrogens with one attached hydrogen (secondary N) is 1. The smallest absolute Gasteiger partial charge is 0.320 e. The number of urea groups is 1. The molecule has 2 rings (SSSR count). The van der Waals surface area contributed by atoms with E-state index in [9.17, 15) is 9.59 Å². The summed E-state index contributed by atoms with van der Waals surface area (Å²) in [5.41, 5.74) is 0. The highest BCUT2D eigenvalue weighted by Crippen LogP contribution is 2.09. The van der Waals surface area contributed by atoms with Crippen molar-refractivity contribution in [2.24, 2.45) is 0 Å². The lowest BCUT2D eigenvalue weighted by molar-refractivity contribution is -0.142. The van der Waals surface area contributed by atoms with E-state index in [2.05, 4.69) is 5.32 Å². The Hall–Kier alpha value is -1.34. The minimum atomic E-state index is -0.816. The van der Waals surface area contributed by atoms with Crippen LogP contribution in [0.1, 0.15) is 6.92 Å². The topological polar surface area (TPSA) is 76.1 Å². The molecule has 0 aromatic heterocycles. The first kappa shape index (κ1) is 14.1. The first-order valence-corrected chi connectivity index (χ1v) is 6.81. The predicted octanol–water partition coefficient (Wildman–Crippen LogP) is -0.898. The average molecular weight is 270 g/mol. The summed E-state index contributed by atoms with van der Waals surface area (Å²) >= 11 is 0. The van der Waals surface area contributed by atoms with Crippen LogP contribution in [0.2, 0.25) is 0 Å². The Morgan fingerprint density at radius 1 is 1.11 bits per heavy atom. The molecule has 0 radical (unpaired) electrons. The molecular weight excluding hydrogens is 248 g/mol. The Kier molecular flexibility index (Phi) is 4.60. The molecule has 0 aliphatic carbocycles. The Morgan fingerprint density at radius 2 is 1.68 bits per heavy atom. The molecule has 2 saturated heterocycles. The molecule has 2 N–H and O–H groups in total. The number of hydrogen-bond donors (Lipinski definition) is 2. The van der Waals surface area contributed by atoms with Crippen molar-refractivity contribution >= 4 is 12.0 Å². The quantitative estimate of drug-likeness (QED) is 0.680. The van der Waals surface area contributed by atoms with E-state index in [0.29, 0.717) is 19.6 Å². The third-order valence-electron chi connectivity index (χ3n) is 3.88. The molecule has 2 fully saturated rings. The van der Waals surface area contributed by atoms with Gasteiger partial charge in [0, 0.05) is 52.4 Å². The lowest BCUT2D eigenvalue weighted by Gasteiger charge is -2.27. The summed E-state index contributed by atoms with van der Waals surface area (Å²) in [5.74, 6) is -0.816. The zero-order valence-electron chi connectivity index (χ0n) is 11.3. The summed E-state index contributed by atoms with van der Waals surface area (Å²) in [6.07, 6.45) is 0. The monoisotopic (exact) mass is 270 g/mol. The lowest BCUT2D eigenvalue weighted by atomic mass is 10.2. The highest BCUT2D eigenvalue weighted by Gasteiger charge is 2.29. The zero-order valence-corrected chi connectivity index (χ0v) is 11.3. The van der Waals surface area contributed by atoms with Crippen LogP contribution in [0.15, 0.2) is 0 Å². The van der Waals surface area contributed by atoms with Gasteiger partial charge in [-0.3, -0.25) is 9.69 Å². The van der Waals surface area contributed by atoms with Gasteiger partial charge in [-0.1, -0.05) is 0 Å². The van der Waals surface area contributed by atoms with E-state index in [1.165, 1.54) is 0 Å². The van der Waals surface area contributed by atoms with Gasteiger partial charge in [-0.15, -0.1) is 0 Å². The summed E-state index contributed by atoms with van der Waals surface area (Å²) in [6, 6.07) is -0.442. The number of carbonyl (C=O) groups excluding carboxylic acids is 1. The number of carboxylic acids is 1. The summed E-state index contributed by atoms with van der Waals surface area (Å²) < 4.78 is 0. The van der Waals surface area contributed by atoms with Crippen LogP contribution >= 0.6 is 0 Å². The number of fused-ring (bicyclic) bond motifs is 2. The number of aliphatic carboxylic acids is 1. The fourth-order valence-electron chi connectivity index (χ4n) is 2.51. The van der Waals surface area contributed by atoms with E-state index in [1.54, 1.807) is 6.92 Å².